The van der Waals surface area contributed by atoms with E-state index in [-0.39, 0.29) is 28.4 Å². The highest BCUT2D eigenvalue weighted by Crippen LogP contribution is 2.38. The first-order chi connectivity index (χ1) is 25.0. The first-order valence-electron chi connectivity index (χ1n) is 16.6. The fourth-order valence-corrected chi connectivity index (χ4v) is 6.93. The molecule has 2 fully saturated rings. The third-order valence-corrected chi connectivity index (χ3v) is 10.0. The molecule has 0 radical (unpaired) electrons. The fourth-order valence-electron chi connectivity index (χ4n) is 6.22. The van der Waals surface area contributed by atoms with Crippen molar-refractivity contribution in [2.24, 2.45) is 0 Å². The number of piperazine rings is 1. The predicted octanol–water partition coefficient (Wildman–Crippen LogP) is 5.35. The zero-order valence-corrected chi connectivity index (χ0v) is 29.4. The largest absolute Gasteiger partial charge is 0.493 e. The lowest BCUT2D eigenvalue weighted by Crippen LogP contribution is -2.55. The van der Waals surface area contributed by atoms with Crippen molar-refractivity contribution in [1.82, 2.24) is 19.9 Å². The van der Waals surface area contributed by atoms with Gasteiger partial charge in [0.1, 0.15) is 22.2 Å². The summed E-state index contributed by atoms with van der Waals surface area (Å²) in [6.07, 6.45) is 5.56. The number of para-hydroxylation sites is 1. The molecule has 4 aromatic rings. The second-order valence-electron chi connectivity index (χ2n) is 12.7. The molecule has 1 aromatic carbocycles. The monoisotopic (exact) mass is 729 g/mol. The second-order valence-corrected chi connectivity index (χ2v) is 13.7. The number of nitrogens with zero attached hydrogens (tertiary/aromatic N) is 7. The Hall–Kier alpha value is -5.66. The van der Waals surface area contributed by atoms with Gasteiger partial charge in [0.05, 0.1) is 48.8 Å². The number of benzene rings is 1. The molecule has 2 aliphatic rings. The molecule has 2 amide bonds. The van der Waals surface area contributed by atoms with Crippen LogP contribution in [0.5, 0.6) is 5.75 Å². The summed E-state index contributed by atoms with van der Waals surface area (Å²) in [4.78, 5) is 45.4. The van der Waals surface area contributed by atoms with Gasteiger partial charge in [-0.1, -0.05) is 24.0 Å². The number of thiazole rings is 1. The molecule has 16 heteroatoms. The van der Waals surface area contributed by atoms with E-state index in [4.69, 9.17) is 14.7 Å². The molecular weight excluding hydrogens is 693 g/mol. The number of anilines is 5. The number of carbonyl (C=O) groups excluding carboxylic acids is 2. The molecule has 1 unspecified atom stereocenters. The van der Waals surface area contributed by atoms with Gasteiger partial charge in [-0.2, -0.15) is 5.26 Å². The second kappa shape index (κ2) is 15.3. The molecule has 52 heavy (non-hydrogen) atoms. The number of aliphatic hydroxyl groups is 1. The number of ether oxygens (including phenoxy) is 1. The van der Waals surface area contributed by atoms with Gasteiger partial charge in [0, 0.05) is 44.5 Å². The van der Waals surface area contributed by atoms with Gasteiger partial charge in [0.2, 0.25) is 5.91 Å². The molecule has 0 bridgehead atoms. The molecule has 0 spiro atoms. The SMILES string of the molecule is C=CC(=O)N1CCN(c2ncc(-c3ccc(OC)c(Nc4ncc(C(=O)Nc5c(F)cccc5F)s4)n3)cc2N2CCC(C)(O)CC2)CC1CC#N. The summed E-state index contributed by atoms with van der Waals surface area (Å²) in [6, 6.07) is 10.7. The smallest absolute Gasteiger partial charge is 0.267 e. The number of nitriles is 1. The van der Waals surface area contributed by atoms with Crippen molar-refractivity contribution in [3.05, 3.63) is 78.0 Å². The van der Waals surface area contributed by atoms with E-state index in [1.54, 1.807) is 23.2 Å². The van der Waals surface area contributed by atoms with E-state index in [9.17, 15) is 28.7 Å². The summed E-state index contributed by atoms with van der Waals surface area (Å²) in [5, 5.41) is 25.9. The summed E-state index contributed by atoms with van der Waals surface area (Å²) in [6.45, 7) is 7.95. The average molecular weight is 730 g/mol. The minimum absolute atomic E-state index is 0.108. The number of amides is 2. The maximum absolute atomic E-state index is 14.1. The quantitative estimate of drug-likeness (QED) is 0.181. The Labute approximate surface area is 303 Å². The van der Waals surface area contributed by atoms with Gasteiger partial charge in [-0.3, -0.25) is 9.59 Å². The summed E-state index contributed by atoms with van der Waals surface area (Å²) in [5.41, 5.74) is 0.759. The molecule has 2 saturated heterocycles. The van der Waals surface area contributed by atoms with Gasteiger partial charge in [0.15, 0.2) is 22.5 Å². The Morgan fingerprint density at radius 2 is 1.88 bits per heavy atom. The van der Waals surface area contributed by atoms with Crippen LogP contribution in [0.3, 0.4) is 0 Å². The molecule has 6 rings (SSSR count). The maximum Gasteiger partial charge on any atom is 0.267 e. The number of pyridine rings is 2. The molecule has 0 aliphatic carbocycles. The molecule has 2 aliphatic heterocycles. The van der Waals surface area contributed by atoms with E-state index in [0.29, 0.717) is 74.2 Å². The standard InChI is InChI=1S/C36H37F2N9O4S/c1-4-30(48)47-17-16-46(21-23(47)10-13-39)33-27(45-14-11-36(2,50)12-15-45)18-22(19-40-33)26-8-9-28(51-3)32(42-26)44-35-41-20-29(52-35)34(49)43-31-24(37)6-5-7-25(31)38/h4-9,18-20,23,50H,1,10-12,14-17,21H2,2-3H3,(H,43,49)(H,41,42,44). The Balaban J connectivity index is 1.28. The normalized spacial score (nSPS) is 16.9. The van der Waals surface area contributed by atoms with Gasteiger partial charge in [-0.15, -0.1) is 0 Å². The number of piperidine rings is 1. The van der Waals surface area contributed by atoms with Crippen molar-refractivity contribution in [3.63, 3.8) is 0 Å². The Morgan fingerprint density at radius 3 is 2.58 bits per heavy atom. The van der Waals surface area contributed by atoms with Crippen LogP contribution < -0.4 is 25.2 Å². The van der Waals surface area contributed by atoms with Gasteiger partial charge >= 0.3 is 0 Å². The summed E-state index contributed by atoms with van der Waals surface area (Å²) in [5.74, 6) is -1.33. The number of hydrogen-bond donors (Lipinski definition) is 3. The van der Waals surface area contributed by atoms with E-state index in [1.165, 1.54) is 25.4 Å². The topological polar surface area (TPSA) is 160 Å². The molecule has 0 saturated carbocycles. The molecule has 3 N–H and O–H groups in total. The molecule has 1 atom stereocenters. The zero-order chi connectivity index (χ0) is 37.0. The molecule has 3 aromatic heterocycles. The van der Waals surface area contributed by atoms with Crippen LogP contribution >= 0.6 is 11.3 Å². The molecule has 13 nitrogen and oxygen atoms in total. The average Bonchev–Trinajstić information content (AvgIpc) is 3.61. The molecule has 5 heterocycles. The van der Waals surface area contributed by atoms with Crippen LogP contribution in [-0.2, 0) is 4.79 Å². The zero-order valence-electron chi connectivity index (χ0n) is 28.6. The first-order valence-corrected chi connectivity index (χ1v) is 17.4. The van der Waals surface area contributed by atoms with Crippen LogP contribution in [0.15, 0.2) is 61.4 Å². The van der Waals surface area contributed by atoms with Gasteiger partial charge in [-0.05, 0) is 56.2 Å². The van der Waals surface area contributed by atoms with Crippen LogP contribution in [0.1, 0.15) is 35.9 Å². The van der Waals surface area contributed by atoms with E-state index >= 15 is 0 Å². The number of nitrogens with one attached hydrogen (secondary N) is 2. The van der Waals surface area contributed by atoms with Gasteiger partial charge < -0.3 is 35.2 Å². The number of hydrogen-bond acceptors (Lipinski definition) is 12. The lowest BCUT2D eigenvalue weighted by atomic mass is 9.93. The number of carbonyl (C=O) groups is 2. The molecular formula is C36H37F2N9O4S. The third-order valence-electron chi connectivity index (χ3n) is 9.13. The Kier molecular flexibility index (Phi) is 10.6. The van der Waals surface area contributed by atoms with Gasteiger partial charge in [0.25, 0.3) is 5.91 Å². The van der Waals surface area contributed by atoms with Crippen molar-refractivity contribution >= 4 is 51.3 Å². The van der Waals surface area contributed by atoms with Crippen LogP contribution in [0.25, 0.3) is 11.3 Å². The van der Waals surface area contributed by atoms with E-state index in [2.05, 4.69) is 38.1 Å². The van der Waals surface area contributed by atoms with E-state index < -0.39 is 28.8 Å². The van der Waals surface area contributed by atoms with Crippen molar-refractivity contribution in [2.45, 2.75) is 37.8 Å². The number of methoxy groups -OCH3 is 1. The Bertz CT molecular complexity index is 2000. The first kappa shape index (κ1) is 36.1. The minimum Gasteiger partial charge on any atom is -0.493 e. The summed E-state index contributed by atoms with van der Waals surface area (Å²) < 4.78 is 33.8. The van der Waals surface area contributed by atoms with Crippen LogP contribution in [0, 0.1) is 23.0 Å². The van der Waals surface area contributed by atoms with E-state index in [0.717, 1.165) is 29.2 Å². The van der Waals surface area contributed by atoms with Crippen molar-refractivity contribution in [3.8, 4) is 23.1 Å². The summed E-state index contributed by atoms with van der Waals surface area (Å²) >= 11 is 0.964. The predicted molar refractivity (Wildman–Crippen MR) is 194 cm³/mol. The van der Waals surface area contributed by atoms with E-state index in [1.807, 2.05) is 13.0 Å². The van der Waals surface area contributed by atoms with Crippen molar-refractivity contribution < 1.29 is 28.2 Å². The molecule has 270 valence electrons. The highest BCUT2D eigenvalue weighted by Gasteiger charge is 2.34. The minimum atomic E-state index is -0.898. The number of halogens is 2. The fraction of sp³-hybridized carbons (Fsp3) is 0.333. The Morgan fingerprint density at radius 1 is 1.13 bits per heavy atom. The highest BCUT2D eigenvalue weighted by molar-refractivity contribution is 7.17. The van der Waals surface area contributed by atoms with Crippen LogP contribution in [0.2, 0.25) is 0 Å². The number of rotatable bonds is 10. The van der Waals surface area contributed by atoms with Crippen molar-refractivity contribution in [1.29, 1.82) is 5.26 Å². The van der Waals surface area contributed by atoms with Crippen LogP contribution in [-0.4, -0.2) is 88.2 Å². The van der Waals surface area contributed by atoms with Crippen LogP contribution in [0.4, 0.5) is 36.9 Å². The lowest BCUT2D eigenvalue weighted by molar-refractivity contribution is -0.128. The van der Waals surface area contributed by atoms with Gasteiger partial charge in [-0.25, -0.2) is 23.7 Å². The number of aromatic nitrogens is 3. The summed E-state index contributed by atoms with van der Waals surface area (Å²) in [7, 11) is 1.49. The lowest BCUT2D eigenvalue weighted by Gasteiger charge is -2.43. The van der Waals surface area contributed by atoms with Crippen molar-refractivity contribution in [2.75, 3.05) is 60.3 Å². The third kappa shape index (κ3) is 7.80. The highest BCUT2D eigenvalue weighted by atomic mass is 32.1. The maximum atomic E-state index is 14.1.